The Balaban J connectivity index is 2.07. The number of anilines is 2. The predicted octanol–water partition coefficient (Wildman–Crippen LogP) is 4.55. The zero-order valence-corrected chi connectivity index (χ0v) is 13.7. The topological polar surface area (TPSA) is 78.4 Å². The van der Waals surface area contributed by atoms with Crippen LogP contribution in [0.25, 0.3) is 0 Å². The number of nitrogens with one attached hydrogen (secondary N) is 2. The first-order chi connectivity index (χ1) is 9.95. The number of carbonyl (C=O) groups excluding carboxylic acids is 1. The van der Waals surface area contributed by atoms with E-state index in [0.29, 0.717) is 15.8 Å². The molecule has 0 aromatic heterocycles. The van der Waals surface area contributed by atoms with Crippen LogP contribution in [-0.2, 0) is 0 Å². The highest BCUT2D eigenvalue weighted by Crippen LogP contribution is 2.21. The van der Waals surface area contributed by atoms with E-state index < -0.39 is 12.0 Å². The molecule has 0 fully saturated rings. The highest BCUT2D eigenvalue weighted by Gasteiger charge is 2.10. The monoisotopic (exact) mass is 412 g/mol. The number of carbonyl (C=O) groups is 2. The largest absolute Gasteiger partial charge is 0.478 e. The molecule has 0 heterocycles. The molecule has 0 unspecified atom stereocenters. The number of urea groups is 1. The summed E-state index contributed by atoms with van der Waals surface area (Å²) in [6, 6.07) is 11.2. The predicted molar refractivity (Wildman–Crippen MR) is 87.9 cm³/mol. The molecular weight excluding hydrogens is 404 g/mol. The van der Waals surface area contributed by atoms with Crippen molar-refractivity contribution in [1.29, 1.82) is 0 Å². The van der Waals surface area contributed by atoms with Crippen molar-refractivity contribution in [2.45, 2.75) is 0 Å². The molecule has 108 valence electrons. The lowest BCUT2D eigenvalue weighted by molar-refractivity contribution is 0.0696. The van der Waals surface area contributed by atoms with Crippen LogP contribution in [0.15, 0.2) is 51.4 Å². The number of halogens is 2. The number of rotatable bonds is 3. The van der Waals surface area contributed by atoms with Crippen LogP contribution in [0, 0.1) is 0 Å². The van der Waals surface area contributed by atoms with Gasteiger partial charge in [0, 0.05) is 20.3 Å². The van der Waals surface area contributed by atoms with Crippen molar-refractivity contribution in [2.75, 3.05) is 10.6 Å². The normalized spacial score (nSPS) is 10.0. The minimum absolute atomic E-state index is 0.0800. The van der Waals surface area contributed by atoms with Gasteiger partial charge in [0.15, 0.2) is 0 Å². The first-order valence-corrected chi connectivity index (χ1v) is 7.41. The number of carboxylic acid groups (broad SMARTS) is 1. The number of benzene rings is 2. The average molecular weight is 414 g/mol. The van der Waals surface area contributed by atoms with Crippen LogP contribution < -0.4 is 10.6 Å². The Bertz CT molecular complexity index is 687. The fourth-order valence-electron chi connectivity index (χ4n) is 1.59. The summed E-state index contributed by atoms with van der Waals surface area (Å²) in [5, 5.41) is 14.3. The van der Waals surface area contributed by atoms with Gasteiger partial charge in [-0.3, -0.25) is 0 Å². The molecule has 0 bridgehead atoms. The van der Waals surface area contributed by atoms with E-state index in [1.165, 1.54) is 6.07 Å². The van der Waals surface area contributed by atoms with E-state index in [1.54, 1.807) is 36.4 Å². The maximum absolute atomic E-state index is 11.8. The highest BCUT2D eigenvalue weighted by molar-refractivity contribution is 9.10. The van der Waals surface area contributed by atoms with E-state index in [4.69, 9.17) is 5.11 Å². The quantitative estimate of drug-likeness (QED) is 0.690. The van der Waals surface area contributed by atoms with E-state index in [0.717, 1.165) is 4.47 Å². The standard InChI is InChI=1S/C14H10Br2N2O3/c15-8-1-3-9(4-2-8)17-14(21)18-10-5-6-12(16)11(7-10)13(19)20/h1-7H,(H,19,20)(H2,17,18,21). The Hall–Kier alpha value is -1.86. The van der Waals surface area contributed by atoms with Gasteiger partial charge in [-0.1, -0.05) is 15.9 Å². The van der Waals surface area contributed by atoms with Gasteiger partial charge in [0.25, 0.3) is 0 Å². The molecule has 0 aliphatic heterocycles. The van der Waals surface area contributed by atoms with Crippen LogP contribution in [0.3, 0.4) is 0 Å². The zero-order chi connectivity index (χ0) is 15.4. The first-order valence-electron chi connectivity index (χ1n) is 5.82. The van der Waals surface area contributed by atoms with Gasteiger partial charge in [0.1, 0.15) is 0 Å². The van der Waals surface area contributed by atoms with Crippen molar-refractivity contribution in [2.24, 2.45) is 0 Å². The summed E-state index contributed by atoms with van der Waals surface area (Å²) in [7, 11) is 0. The van der Waals surface area contributed by atoms with Crippen LogP contribution in [0.1, 0.15) is 10.4 Å². The van der Waals surface area contributed by atoms with Gasteiger partial charge in [0.05, 0.1) is 5.56 Å². The summed E-state index contributed by atoms with van der Waals surface area (Å²) in [4.78, 5) is 22.9. The third kappa shape index (κ3) is 4.30. The fourth-order valence-corrected chi connectivity index (χ4v) is 2.27. The van der Waals surface area contributed by atoms with Gasteiger partial charge in [-0.05, 0) is 58.4 Å². The lowest BCUT2D eigenvalue weighted by atomic mass is 10.2. The fraction of sp³-hybridized carbons (Fsp3) is 0. The molecule has 0 aliphatic carbocycles. The highest BCUT2D eigenvalue weighted by atomic mass is 79.9. The SMILES string of the molecule is O=C(Nc1ccc(Br)cc1)Nc1ccc(Br)c(C(=O)O)c1. The average Bonchev–Trinajstić information content (AvgIpc) is 2.43. The van der Waals surface area contributed by atoms with Gasteiger partial charge >= 0.3 is 12.0 Å². The van der Waals surface area contributed by atoms with Crippen molar-refractivity contribution in [3.8, 4) is 0 Å². The summed E-state index contributed by atoms with van der Waals surface area (Å²) >= 11 is 6.45. The second-order valence-corrected chi connectivity index (χ2v) is 5.86. The second-order valence-electron chi connectivity index (χ2n) is 4.09. The molecule has 0 saturated heterocycles. The van der Waals surface area contributed by atoms with Gasteiger partial charge < -0.3 is 15.7 Å². The van der Waals surface area contributed by atoms with Crippen LogP contribution in [0.2, 0.25) is 0 Å². The van der Waals surface area contributed by atoms with Crippen LogP contribution in [0.5, 0.6) is 0 Å². The van der Waals surface area contributed by atoms with Crippen LogP contribution in [0.4, 0.5) is 16.2 Å². The lowest BCUT2D eigenvalue weighted by Gasteiger charge is -2.09. The van der Waals surface area contributed by atoms with Crippen molar-refractivity contribution in [3.63, 3.8) is 0 Å². The minimum atomic E-state index is -1.07. The van der Waals surface area contributed by atoms with Gasteiger partial charge in [-0.25, -0.2) is 9.59 Å². The minimum Gasteiger partial charge on any atom is -0.478 e. The molecule has 2 amide bonds. The zero-order valence-electron chi connectivity index (χ0n) is 10.6. The molecule has 21 heavy (non-hydrogen) atoms. The third-order valence-electron chi connectivity index (χ3n) is 2.56. The molecular formula is C14H10Br2N2O3. The molecule has 0 atom stereocenters. The van der Waals surface area contributed by atoms with Crippen molar-refractivity contribution in [3.05, 3.63) is 57.0 Å². The van der Waals surface area contributed by atoms with E-state index in [9.17, 15) is 9.59 Å². The Kier molecular flexibility index (Phi) is 4.98. The van der Waals surface area contributed by atoms with Gasteiger partial charge in [-0.15, -0.1) is 0 Å². The molecule has 0 saturated carbocycles. The number of hydrogen-bond acceptors (Lipinski definition) is 2. The molecule has 0 radical (unpaired) electrons. The smallest absolute Gasteiger partial charge is 0.336 e. The Labute approximate surface area is 137 Å². The molecule has 0 aliphatic rings. The number of hydrogen-bond donors (Lipinski definition) is 3. The van der Waals surface area contributed by atoms with Crippen molar-refractivity contribution in [1.82, 2.24) is 0 Å². The molecule has 7 heteroatoms. The third-order valence-corrected chi connectivity index (χ3v) is 3.78. The van der Waals surface area contributed by atoms with E-state index >= 15 is 0 Å². The summed E-state index contributed by atoms with van der Waals surface area (Å²) in [5.41, 5.74) is 1.10. The van der Waals surface area contributed by atoms with Crippen molar-refractivity contribution < 1.29 is 14.7 Å². The first kappa shape index (κ1) is 15.5. The Morgan fingerprint density at radius 3 is 2.10 bits per heavy atom. The van der Waals surface area contributed by atoms with E-state index in [2.05, 4.69) is 42.5 Å². The second kappa shape index (κ2) is 6.73. The summed E-state index contributed by atoms with van der Waals surface area (Å²) in [6.45, 7) is 0. The van der Waals surface area contributed by atoms with E-state index in [1.807, 2.05) is 0 Å². The van der Waals surface area contributed by atoms with Gasteiger partial charge in [-0.2, -0.15) is 0 Å². The lowest BCUT2D eigenvalue weighted by Crippen LogP contribution is -2.19. The summed E-state index contributed by atoms with van der Waals surface area (Å²) < 4.78 is 1.36. The van der Waals surface area contributed by atoms with Crippen LogP contribution in [-0.4, -0.2) is 17.1 Å². The van der Waals surface area contributed by atoms with Gasteiger partial charge in [0.2, 0.25) is 0 Å². The molecule has 0 spiro atoms. The maximum atomic E-state index is 11.8. The number of aromatic carboxylic acids is 1. The Morgan fingerprint density at radius 2 is 1.48 bits per heavy atom. The van der Waals surface area contributed by atoms with E-state index in [-0.39, 0.29) is 5.56 Å². The number of carboxylic acids is 1. The molecule has 3 N–H and O–H groups in total. The molecule has 2 aromatic carbocycles. The summed E-state index contributed by atoms with van der Waals surface area (Å²) in [5.74, 6) is -1.07. The molecule has 2 aromatic rings. The molecule has 2 rings (SSSR count). The van der Waals surface area contributed by atoms with Crippen LogP contribution >= 0.6 is 31.9 Å². The summed E-state index contributed by atoms with van der Waals surface area (Å²) in [6.07, 6.45) is 0. The maximum Gasteiger partial charge on any atom is 0.336 e. The molecule has 5 nitrogen and oxygen atoms in total. The number of amides is 2. The Morgan fingerprint density at radius 1 is 0.905 bits per heavy atom. The van der Waals surface area contributed by atoms with Crippen molar-refractivity contribution >= 4 is 55.2 Å².